The summed E-state index contributed by atoms with van der Waals surface area (Å²) in [7, 11) is 0. The molecule has 0 aliphatic carbocycles. The van der Waals surface area contributed by atoms with Crippen LogP contribution in [0, 0.1) is 6.92 Å². The lowest BCUT2D eigenvalue weighted by Crippen LogP contribution is -2.21. The molecule has 6 nitrogen and oxygen atoms in total. The highest BCUT2D eigenvalue weighted by Crippen LogP contribution is 2.22. The summed E-state index contributed by atoms with van der Waals surface area (Å²) in [6.07, 6.45) is 0. The van der Waals surface area contributed by atoms with E-state index < -0.39 is 11.8 Å². The van der Waals surface area contributed by atoms with E-state index in [2.05, 4.69) is 5.10 Å². The molecular formula is C14H16N4O2. The number of aromatic nitrogens is 2. The number of hydrogen-bond acceptors (Lipinski definition) is 3. The maximum absolute atomic E-state index is 11.6. The lowest BCUT2D eigenvalue weighted by atomic mass is 10.1. The van der Waals surface area contributed by atoms with Crippen molar-refractivity contribution in [3.8, 4) is 0 Å². The van der Waals surface area contributed by atoms with Gasteiger partial charge in [-0.05, 0) is 19.4 Å². The standard InChI is InChI=1S/C14H16N4O2/c1-8-11(13(15)19)17-18(12(8)14(16)20)9(2)10-6-4-3-5-7-10/h3-7,9H,1-2H3,(H2,15,19)(H2,16,20). The van der Waals surface area contributed by atoms with E-state index >= 15 is 0 Å². The first-order chi connectivity index (χ1) is 9.43. The first-order valence-corrected chi connectivity index (χ1v) is 6.17. The van der Waals surface area contributed by atoms with Gasteiger partial charge in [0.25, 0.3) is 11.8 Å². The van der Waals surface area contributed by atoms with Gasteiger partial charge in [-0.1, -0.05) is 30.3 Å². The maximum atomic E-state index is 11.6. The number of nitrogens with two attached hydrogens (primary N) is 2. The van der Waals surface area contributed by atoms with Gasteiger partial charge in [-0.2, -0.15) is 5.10 Å². The van der Waals surface area contributed by atoms with Crippen LogP contribution in [0.25, 0.3) is 0 Å². The first kappa shape index (κ1) is 13.8. The summed E-state index contributed by atoms with van der Waals surface area (Å²) in [5.74, 6) is -1.31. The minimum atomic E-state index is -0.677. The molecule has 0 radical (unpaired) electrons. The van der Waals surface area contributed by atoms with Crippen molar-refractivity contribution < 1.29 is 9.59 Å². The molecule has 4 N–H and O–H groups in total. The number of nitrogens with zero attached hydrogens (tertiary/aromatic N) is 2. The molecule has 2 rings (SSSR count). The smallest absolute Gasteiger partial charge is 0.269 e. The van der Waals surface area contributed by atoms with Crippen molar-refractivity contribution in [1.82, 2.24) is 9.78 Å². The number of carbonyl (C=O) groups excluding carboxylic acids is 2. The molecule has 1 aromatic heterocycles. The number of benzene rings is 1. The SMILES string of the molecule is Cc1c(C(N)=O)nn(C(C)c2ccccc2)c1C(N)=O. The fraction of sp³-hybridized carbons (Fsp3) is 0.214. The van der Waals surface area contributed by atoms with E-state index in [0.717, 1.165) is 5.56 Å². The fourth-order valence-electron chi connectivity index (χ4n) is 2.20. The van der Waals surface area contributed by atoms with Gasteiger partial charge in [0.05, 0.1) is 6.04 Å². The molecule has 1 atom stereocenters. The summed E-state index contributed by atoms with van der Waals surface area (Å²) in [6.45, 7) is 3.49. The Labute approximate surface area is 116 Å². The van der Waals surface area contributed by atoms with Crippen molar-refractivity contribution in [3.05, 3.63) is 52.8 Å². The molecule has 0 saturated carbocycles. The maximum Gasteiger partial charge on any atom is 0.269 e. The number of primary amides is 2. The Bertz CT molecular complexity index is 661. The Morgan fingerprint density at radius 3 is 2.25 bits per heavy atom. The minimum absolute atomic E-state index is 0.0709. The van der Waals surface area contributed by atoms with Crippen LogP contribution in [0.2, 0.25) is 0 Å². The monoisotopic (exact) mass is 272 g/mol. The molecule has 0 spiro atoms. The van der Waals surface area contributed by atoms with Crippen LogP contribution in [0.5, 0.6) is 0 Å². The van der Waals surface area contributed by atoms with Gasteiger partial charge in [-0.25, -0.2) is 0 Å². The van der Waals surface area contributed by atoms with E-state index in [1.54, 1.807) is 6.92 Å². The molecule has 104 valence electrons. The highest BCUT2D eigenvalue weighted by Gasteiger charge is 2.24. The second-order valence-electron chi connectivity index (χ2n) is 4.58. The highest BCUT2D eigenvalue weighted by atomic mass is 16.2. The molecule has 6 heteroatoms. The van der Waals surface area contributed by atoms with Crippen LogP contribution in [-0.2, 0) is 0 Å². The minimum Gasteiger partial charge on any atom is -0.364 e. The largest absolute Gasteiger partial charge is 0.364 e. The molecule has 2 amide bonds. The molecule has 2 aromatic rings. The van der Waals surface area contributed by atoms with Crippen molar-refractivity contribution in [1.29, 1.82) is 0 Å². The lowest BCUT2D eigenvalue weighted by molar-refractivity contribution is 0.0982. The molecule has 20 heavy (non-hydrogen) atoms. The van der Waals surface area contributed by atoms with Crippen molar-refractivity contribution in [3.63, 3.8) is 0 Å². The lowest BCUT2D eigenvalue weighted by Gasteiger charge is -2.15. The van der Waals surface area contributed by atoms with Crippen molar-refractivity contribution in [2.45, 2.75) is 19.9 Å². The predicted molar refractivity (Wildman–Crippen MR) is 74.3 cm³/mol. The molecule has 0 saturated heterocycles. The Morgan fingerprint density at radius 2 is 1.75 bits per heavy atom. The third-order valence-corrected chi connectivity index (χ3v) is 3.26. The zero-order chi connectivity index (χ0) is 14.9. The van der Waals surface area contributed by atoms with Crippen molar-refractivity contribution in [2.24, 2.45) is 11.5 Å². The van der Waals surface area contributed by atoms with Crippen LogP contribution >= 0.6 is 0 Å². The summed E-state index contributed by atoms with van der Waals surface area (Å²) in [5, 5.41) is 4.15. The second kappa shape index (κ2) is 5.16. The number of hydrogen-bond donors (Lipinski definition) is 2. The predicted octanol–water partition coefficient (Wildman–Crippen LogP) is 0.999. The van der Waals surface area contributed by atoms with Crippen LogP contribution in [0.1, 0.15) is 45.1 Å². The third-order valence-electron chi connectivity index (χ3n) is 3.26. The fourth-order valence-corrected chi connectivity index (χ4v) is 2.20. The Hall–Kier alpha value is -2.63. The van der Waals surface area contributed by atoms with Gasteiger partial charge in [0.15, 0.2) is 5.69 Å². The molecule has 0 fully saturated rings. The van der Waals surface area contributed by atoms with Gasteiger partial charge < -0.3 is 11.5 Å². The summed E-state index contributed by atoms with van der Waals surface area (Å²) >= 11 is 0. The highest BCUT2D eigenvalue weighted by molar-refractivity contribution is 5.99. The van der Waals surface area contributed by atoms with E-state index in [4.69, 9.17) is 11.5 Å². The number of rotatable bonds is 4. The van der Waals surface area contributed by atoms with Gasteiger partial charge in [0.1, 0.15) is 5.69 Å². The van der Waals surface area contributed by atoms with Crippen molar-refractivity contribution in [2.75, 3.05) is 0 Å². The summed E-state index contributed by atoms with van der Waals surface area (Å²) in [4.78, 5) is 23.0. The molecule has 1 unspecified atom stereocenters. The van der Waals surface area contributed by atoms with Gasteiger partial charge in [0, 0.05) is 5.56 Å². The molecule has 1 heterocycles. The second-order valence-corrected chi connectivity index (χ2v) is 4.58. The molecular weight excluding hydrogens is 256 g/mol. The van der Waals surface area contributed by atoms with Crippen molar-refractivity contribution >= 4 is 11.8 Å². The van der Waals surface area contributed by atoms with E-state index in [-0.39, 0.29) is 17.4 Å². The van der Waals surface area contributed by atoms with Crippen LogP contribution in [-0.4, -0.2) is 21.6 Å². The van der Waals surface area contributed by atoms with Gasteiger partial charge >= 0.3 is 0 Å². The number of carbonyl (C=O) groups is 2. The van der Waals surface area contributed by atoms with Crippen LogP contribution in [0.4, 0.5) is 0 Å². The van der Waals surface area contributed by atoms with Crippen LogP contribution in [0.15, 0.2) is 30.3 Å². The van der Waals surface area contributed by atoms with E-state index in [1.165, 1.54) is 4.68 Å². The van der Waals surface area contributed by atoms with Crippen LogP contribution in [0.3, 0.4) is 0 Å². The zero-order valence-electron chi connectivity index (χ0n) is 11.3. The van der Waals surface area contributed by atoms with E-state index in [9.17, 15) is 9.59 Å². The normalized spacial score (nSPS) is 12.1. The first-order valence-electron chi connectivity index (χ1n) is 6.17. The van der Waals surface area contributed by atoms with Crippen LogP contribution < -0.4 is 11.5 Å². The third kappa shape index (κ3) is 2.27. The molecule has 0 aliphatic heterocycles. The van der Waals surface area contributed by atoms with Gasteiger partial charge in [-0.3, -0.25) is 14.3 Å². The van der Waals surface area contributed by atoms with Gasteiger partial charge in [-0.15, -0.1) is 0 Å². The summed E-state index contributed by atoms with van der Waals surface area (Å²) in [6, 6.07) is 9.27. The summed E-state index contributed by atoms with van der Waals surface area (Å²) < 4.78 is 1.45. The Kier molecular flexibility index (Phi) is 3.56. The average Bonchev–Trinajstić information content (AvgIpc) is 2.76. The van der Waals surface area contributed by atoms with Gasteiger partial charge in [0.2, 0.25) is 0 Å². The molecule has 0 aliphatic rings. The average molecular weight is 272 g/mol. The van der Waals surface area contributed by atoms with E-state index in [0.29, 0.717) is 5.56 Å². The number of amides is 2. The Balaban J connectivity index is 2.59. The quantitative estimate of drug-likeness (QED) is 0.867. The topological polar surface area (TPSA) is 104 Å². The summed E-state index contributed by atoms with van der Waals surface area (Å²) in [5.41, 5.74) is 12.3. The van der Waals surface area contributed by atoms with E-state index in [1.807, 2.05) is 37.3 Å². The molecule has 0 bridgehead atoms. The zero-order valence-corrected chi connectivity index (χ0v) is 11.3. The Morgan fingerprint density at radius 1 is 1.15 bits per heavy atom. The molecule has 1 aromatic carbocycles.